The molecule has 1 saturated heterocycles. The van der Waals surface area contributed by atoms with Crippen LogP contribution in [0.4, 0.5) is 0 Å². The number of hydrogen-bond acceptors (Lipinski definition) is 4. The van der Waals surface area contributed by atoms with E-state index in [1.165, 1.54) is 15.5 Å². The lowest BCUT2D eigenvalue weighted by atomic mass is 10.3. The molecule has 0 aliphatic carbocycles. The average molecular weight is 236 g/mol. The number of thiazole rings is 1. The Hall–Kier alpha value is -0.580. The van der Waals surface area contributed by atoms with Crippen molar-refractivity contribution in [3.63, 3.8) is 0 Å². The predicted octanol–water partition coefficient (Wildman–Crippen LogP) is 2.75. The van der Waals surface area contributed by atoms with Crippen molar-refractivity contribution in [2.75, 3.05) is 13.1 Å². The molecule has 1 aliphatic heterocycles. The maximum Gasteiger partial charge on any atom is 0.151 e. The molecule has 1 unspecified atom stereocenters. The van der Waals surface area contributed by atoms with Crippen LogP contribution in [-0.4, -0.2) is 23.3 Å². The van der Waals surface area contributed by atoms with Crippen LogP contribution in [0.3, 0.4) is 0 Å². The van der Waals surface area contributed by atoms with Gasteiger partial charge in [-0.1, -0.05) is 23.9 Å². The maximum atomic E-state index is 4.63. The summed E-state index contributed by atoms with van der Waals surface area (Å²) in [6, 6.07) is 8.35. The zero-order valence-electron chi connectivity index (χ0n) is 8.27. The van der Waals surface area contributed by atoms with Crippen molar-refractivity contribution >= 4 is 33.3 Å². The van der Waals surface area contributed by atoms with Gasteiger partial charge in [-0.2, -0.15) is 0 Å². The number of rotatable bonds is 2. The van der Waals surface area contributed by atoms with Crippen molar-refractivity contribution in [3.05, 3.63) is 24.3 Å². The SMILES string of the molecule is c1ccc2sc(SC3CCNC3)nc2c1. The highest BCUT2D eigenvalue weighted by molar-refractivity contribution is 8.01. The average Bonchev–Trinajstić information content (AvgIpc) is 2.86. The van der Waals surface area contributed by atoms with E-state index in [0.29, 0.717) is 5.25 Å². The highest BCUT2D eigenvalue weighted by Crippen LogP contribution is 2.33. The third-order valence-corrected chi connectivity index (χ3v) is 4.96. The fourth-order valence-electron chi connectivity index (χ4n) is 1.77. The molecule has 0 radical (unpaired) electrons. The van der Waals surface area contributed by atoms with Crippen LogP contribution in [0.1, 0.15) is 6.42 Å². The van der Waals surface area contributed by atoms with E-state index in [0.717, 1.165) is 18.6 Å². The van der Waals surface area contributed by atoms with Crippen LogP contribution in [0.15, 0.2) is 28.6 Å². The minimum absolute atomic E-state index is 0.713. The molecular formula is C11H12N2S2. The van der Waals surface area contributed by atoms with Gasteiger partial charge in [0.1, 0.15) is 0 Å². The molecular weight excluding hydrogens is 224 g/mol. The number of thioether (sulfide) groups is 1. The van der Waals surface area contributed by atoms with E-state index >= 15 is 0 Å². The molecule has 78 valence electrons. The second-order valence-electron chi connectivity index (χ2n) is 3.68. The quantitative estimate of drug-likeness (QED) is 0.868. The van der Waals surface area contributed by atoms with E-state index in [2.05, 4.69) is 28.5 Å². The molecule has 1 aliphatic rings. The number of para-hydroxylation sites is 1. The molecule has 1 atom stereocenters. The molecule has 0 saturated carbocycles. The van der Waals surface area contributed by atoms with Gasteiger partial charge in [0.25, 0.3) is 0 Å². The lowest BCUT2D eigenvalue weighted by Crippen LogP contribution is -2.09. The Kier molecular flexibility index (Phi) is 2.64. The maximum absolute atomic E-state index is 4.63. The smallest absolute Gasteiger partial charge is 0.151 e. The Morgan fingerprint density at radius 3 is 3.13 bits per heavy atom. The van der Waals surface area contributed by atoms with Crippen molar-refractivity contribution in [3.8, 4) is 0 Å². The van der Waals surface area contributed by atoms with Gasteiger partial charge in [-0.3, -0.25) is 0 Å². The first-order chi connectivity index (χ1) is 7.42. The Morgan fingerprint density at radius 1 is 1.40 bits per heavy atom. The Bertz CT molecular complexity index is 427. The van der Waals surface area contributed by atoms with E-state index in [1.807, 2.05) is 29.2 Å². The van der Waals surface area contributed by atoms with E-state index in [9.17, 15) is 0 Å². The molecule has 15 heavy (non-hydrogen) atoms. The number of nitrogens with zero attached hydrogens (tertiary/aromatic N) is 1. The Morgan fingerprint density at radius 2 is 2.33 bits per heavy atom. The Balaban J connectivity index is 1.84. The van der Waals surface area contributed by atoms with Crippen LogP contribution >= 0.6 is 23.1 Å². The molecule has 4 heteroatoms. The molecule has 1 aromatic heterocycles. The zero-order valence-corrected chi connectivity index (χ0v) is 9.90. The second kappa shape index (κ2) is 4.12. The van der Waals surface area contributed by atoms with Crippen molar-refractivity contribution in [1.82, 2.24) is 10.3 Å². The van der Waals surface area contributed by atoms with Crippen LogP contribution in [-0.2, 0) is 0 Å². The van der Waals surface area contributed by atoms with Crippen LogP contribution in [0.5, 0.6) is 0 Å². The molecule has 0 spiro atoms. The first kappa shape index (κ1) is 9.63. The van der Waals surface area contributed by atoms with Gasteiger partial charge in [0.15, 0.2) is 4.34 Å². The summed E-state index contributed by atoms with van der Waals surface area (Å²) in [4.78, 5) is 4.63. The van der Waals surface area contributed by atoms with Crippen molar-refractivity contribution in [2.45, 2.75) is 16.0 Å². The van der Waals surface area contributed by atoms with Gasteiger partial charge < -0.3 is 5.32 Å². The number of aromatic nitrogens is 1. The summed E-state index contributed by atoms with van der Waals surface area (Å²) in [5.74, 6) is 0. The molecule has 1 fully saturated rings. The molecule has 2 heterocycles. The van der Waals surface area contributed by atoms with Gasteiger partial charge in [0.2, 0.25) is 0 Å². The molecule has 3 rings (SSSR count). The summed E-state index contributed by atoms with van der Waals surface area (Å²) in [5.41, 5.74) is 1.14. The predicted molar refractivity (Wildman–Crippen MR) is 66.8 cm³/mol. The second-order valence-corrected chi connectivity index (χ2v) is 6.26. The summed E-state index contributed by atoms with van der Waals surface area (Å²) < 4.78 is 2.51. The monoisotopic (exact) mass is 236 g/mol. The highest BCUT2D eigenvalue weighted by atomic mass is 32.2. The van der Waals surface area contributed by atoms with Gasteiger partial charge in [0, 0.05) is 11.8 Å². The number of benzene rings is 1. The lowest BCUT2D eigenvalue weighted by molar-refractivity contribution is 0.858. The van der Waals surface area contributed by atoms with Gasteiger partial charge in [-0.15, -0.1) is 11.3 Å². The molecule has 1 N–H and O–H groups in total. The first-order valence-electron chi connectivity index (χ1n) is 5.15. The Labute approximate surface area is 97.1 Å². The number of hydrogen-bond donors (Lipinski definition) is 1. The minimum atomic E-state index is 0.713. The summed E-state index contributed by atoms with van der Waals surface area (Å²) in [6.07, 6.45) is 1.26. The summed E-state index contributed by atoms with van der Waals surface area (Å²) in [6.45, 7) is 2.28. The third kappa shape index (κ3) is 2.02. The van der Waals surface area contributed by atoms with Gasteiger partial charge in [0.05, 0.1) is 10.2 Å². The number of fused-ring (bicyclic) bond motifs is 1. The standard InChI is InChI=1S/C11H12N2S2/c1-2-4-10-9(3-1)13-11(15-10)14-8-5-6-12-7-8/h1-4,8,12H,5-7H2. The first-order valence-corrected chi connectivity index (χ1v) is 6.84. The minimum Gasteiger partial charge on any atom is -0.316 e. The van der Waals surface area contributed by atoms with Crippen molar-refractivity contribution in [1.29, 1.82) is 0 Å². The lowest BCUT2D eigenvalue weighted by Gasteiger charge is -2.02. The van der Waals surface area contributed by atoms with Gasteiger partial charge >= 0.3 is 0 Å². The molecule has 1 aromatic carbocycles. The molecule has 0 amide bonds. The fraction of sp³-hybridized carbons (Fsp3) is 0.364. The normalized spacial score (nSPS) is 21.2. The summed E-state index contributed by atoms with van der Waals surface area (Å²) in [7, 11) is 0. The summed E-state index contributed by atoms with van der Waals surface area (Å²) in [5, 5.41) is 4.10. The number of nitrogens with one attached hydrogen (secondary N) is 1. The van der Waals surface area contributed by atoms with Crippen LogP contribution in [0, 0.1) is 0 Å². The molecule has 2 nitrogen and oxygen atoms in total. The van der Waals surface area contributed by atoms with Crippen LogP contribution in [0.2, 0.25) is 0 Å². The summed E-state index contributed by atoms with van der Waals surface area (Å²) >= 11 is 3.73. The highest BCUT2D eigenvalue weighted by Gasteiger charge is 2.17. The van der Waals surface area contributed by atoms with Crippen LogP contribution < -0.4 is 5.32 Å². The zero-order chi connectivity index (χ0) is 10.1. The largest absolute Gasteiger partial charge is 0.316 e. The van der Waals surface area contributed by atoms with E-state index in [4.69, 9.17) is 0 Å². The molecule has 0 bridgehead atoms. The van der Waals surface area contributed by atoms with Crippen molar-refractivity contribution < 1.29 is 0 Å². The fourth-order valence-corrected chi connectivity index (χ4v) is 4.21. The van der Waals surface area contributed by atoms with Gasteiger partial charge in [-0.25, -0.2) is 4.98 Å². The van der Waals surface area contributed by atoms with Gasteiger partial charge in [-0.05, 0) is 25.1 Å². The van der Waals surface area contributed by atoms with E-state index < -0.39 is 0 Å². The van der Waals surface area contributed by atoms with E-state index in [-0.39, 0.29) is 0 Å². The topological polar surface area (TPSA) is 24.9 Å². The van der Waals surface area contributed by atoms with Crippen molar-refractivity contribution in [2.24, 2.45) is 0 Å². The third-order valence-electron chi connectivity index (χ3n) is 2.56. The van der Waals surface area contributed by atoms with Crippen LogP contribution in [0.25, 0.3) is 10.2 Å². The molecule has 2 aromatic rings. The van der Waals surface area contributed by atoms with E-state index in [1.54, 1.807) is 0 Å².